The highest BCUT2D eigenvalue weighted by Crippen LogP contribution is 2.29. The molecule has 2 amide bonds. The zero-order valence-corrected chi connectivity index (χ0v) is 16.4. The molecule has 1 aromatic heterocycles. The average molecular weight is 394 g/mol. The molecule has 0 fully saturated rings. The minimum Gasteiger partial charge on any atom is -0.497 e. The highest BCUT2D eigenvalue weighted by Gasteiger charge is 2.16. The number of nitrogens with one attached hydrogen (secondary N) is 2. The predicted molar refractivity (Wildman–Crippen MR) is 109 cm³/mol. The van der Waals surface area contributed by atoms with Crippen molar-refractivity contribution in [3.8, 4) is 11.5 Å². The third-order valence-electron chi connectivity index (χ3n) is 4.40. The summed E-state index contributed by atoms with van der Waals surface area (Å²) in [5.41, 5.74) is 1.84. The Kier molecular flexibility index (Phi) is 6.19. The first-order chi connectivity index (χ1) is 14.0. The first kappa shape index (κ1) is 20.0. The number of hydrogen-bond acceptors (Lipinski definition) is 5. The van der Waals surface area contributed by atoms with E-state index in [1.165, 1.54) is 6.26 Å². The standard InChI is InChI=1S/C22H22N2O5/c1-14(18-13-17(27-2)10-11-19(18)28-3)23-21(25)15-6-8-16(9-7-15)24-22(26)20-5-4-12-29-20/h4-14H,1-3H3,(H,23,25)(H,24,26)/t14-/m1/s1. The second-order valence-electron chi connectivity index (χ2n) is 6.31. The number of anilines is 1. The van der Waals surface area contributed by atoms with E-state index < -0.39 is 0 Å². The van der Waals surface area contributed by atoms with E-state index in [1.807, 2.05) is 13.0 Å². The van der Waals surface area contributed by atoms with E-state index in [1.54, 1.807) is 62.8 Å². The molecular weight excluding hydrogens is 372 g/mol. The van der Waals surface area contributed by atoms with Crippen LogP contribution in [0.4, 0.5) is 5.69 Å². The molecule has 3 aromatic rings. The second-order valence-corrected chi connectivity index (χ2v) is 6.31. The highest BCUT2D eigenvalue weighted by atomic mass is 16.5. The molecule has 0 bridgehead atoms. The number of amides is 2. The maximum atomic E-state index is 12.6. The summed E-state index contributed by atoms with van der Waals surface area (Å²) in [6, 6.07) is 14.9. The van der Waals surface area contributed by atoms with Crippen LogP contribution in [0.5, 0.6) is 11.5 Å². The molecule has 1 heterocycles. The summed E-state index contributed by atoms with van der Waals surface area (Å²) in [6.07, 6.45) is 1.43. The van der Waals surface area contributed by atoms with Gasteiger partial charge in [-0.15, -0.1) is 0 Å². The number of benzene rings is 2. The van der Waals surface area contributed by atoms with Crippen LogP contribution in [0.2, 0.25) is 0 Å². The van der Waals surface area contributed by atoms with Crippen LogP contribution in [0, 0.1) is 0 Å². The Labute approximate surface area is 168 Å². The molecule has 2 aromatic carbocycles. The van der Waals surface area contributed by atoms with Crippen molar-refractivity contribution in [1.82, 2.24) is 5.32 Å². The zero-order chi connectivity index (χ0) is 20.8. The summed E-state index contributed by atoms with van der Waals surface area (Å²) in [6.45, 7) is 1.87. The van der Waals surface area contributed by atoms with E-state index in [2.05, 4.69) is 10.6 Å². The molecule has 0 saturated carbocycles. The molecule has 0 aliphatic carbocycles. The summed E-state index contributed by atoms with van der Waals surface area (Å²) < 4.78 is 15.7. The largest absolute Gasteiger partial charge is 0.497 e. The van der Waals surface area contributed by atoms with Gasteiger partial charge in [-0.05, 0) is 61.5 Å². The minimum atomic E-state index is -0.356. The van der Waals surface area contributed by atoms with E-state index in [-0.39, 0.29) is 23.6 Å². The van der Waals surface area contributed by atoms with Gasteiger partial charge in [0, 0.05) is 16.8 Å². The highest BCUT2D eigenvalue weighted by molar-refractivity contribution is 6.02. The summed E-state index contributed by atoms with van der Waals surface area (Å²) in [4.78, 5) is 24.6. The van der Waals surface area contributed by atoms with Crippen molar-refractivity contribution in [1.29, 1.82) is 0 Å². The molecule has 2 N–H and O–H groups in total. The summed E-state index contributed by atoms with van der Waals surface area (Å²) in [5.74, 6) is 0.957. The van der Waals surface area contributed by atoms with Gasteiger partial charge in [0.2, 0.25) is 0 Å². The van der Waals surface area contributed by atoms with Gasteiger partial charge < -0.3 is 24.5 Å². The van der Waals surface area contributed by atoms with E-state index in [0.29, 0.717) is 22.7 Å². The fraction of sp³-hybridized carbons (Fsp3) is 0.182. The van der Waals surface area contributed by atoms with Crippen LogP contribution in [-0.4, -0.2) is 26.0 Å². The third kappa shape index (κ3) is 4.76. The fourth-order valence-electron chi connectivity index (χ4n) is 2.84. The van der Waals surface area contributed by atoms with E-state index in [0.717, 1.165) is 5.56 Å². The zero-order valence-electron chi connectivity index (χ0n) is 16.4. The van der Waals surface area contributed by atoms with Crippen molar-refractivity contribution in [3.05, 3.63) is 77.7 Å². The lowest BCUT2D eigenvalue weighted by molar-refractivity contribution is 0.0938. The van der Waals surface area contributed by atoms with Gasteiger partial charge >= 0.3 is 0 Å². The van der Waals surface area contributed by atoms with E-state index in [4.69, 9.17) is 13.9 Å². The van der Waals surface area contributed by atoms with Gasteiger partial charge in [-0.3, -0.25) is 9.59 Å². The van der Waals surface area contributed by atoms with Gasteiger partial charge in [0.05, 0.1) is 26.5 Å². The number of carbonyl (C=O) groups excluding carboxylic acids is 2. The molecule has 150 valence electrons. The van der Waals surface area contributed by atoms with Crippen LogP contribution in [0.3, 0.4) is 0 Å². The Morgan fingerprint density at radius 1 is 0.966 bits per heavy atom. The topological polar surface area (TPSA) is 89.8 Å². The minimum absolute atomic E-state index is 0.216. The van der Waals surface area contributed by atoms with Gasteiger partial charge in [0.15, 0.2) is 5.76 Å². The smallest absolute Gasteiger partial charge is 0.291 e. The average Bonchev–Trinajstić information content (AvgIpc) is 3.28. The quantitative estimate of drug-likeness (QED) is 0.631. The first-order valence-corrected chi connectivity index (χ1v) is 8.99. The van der Waals surface area contributed by atoms with Crippen LogP contribution < -0.4 is 20.1 Å². The summed E-state index contributed by atoms with van der Waals surface area (Å²) >= 11 is 0. The van der Waals surface area contributed by atoms with Crippen molar-refractivity contribution >= 4 is 17.5 Å². The van der Waals surface area contributed by atoms with Gasteiger partial charge in [0.1, 0.15) is 11.5 Å². The van der Waals surface area contributed by atoms with Crippen LogP contribution in [0.25, 0.3) is 0 Å². The van der Waals surface area contributed by atoms with Crippen LogP contribution >= 0.6 is 0 Å². The molecule has 3 rings (SSSR count). The molecule has 0 saturated heterocycles. The second kappa shape index (κ2) is 8.97. The predicted octanol–water partition coefficient (Wildman–Crippen LogP) is 4.04. The molecule has 7 nitrogen and oxygen atoms in total. The van der Waals surface area contributed by atoms with E-state index >= 15 is 0 Å². The van der Waals surface area contributed by atoms with Crippen molar-refractivity contribution in [2.45, 2.75) is 13.0 Å². The van der Waals surface area contributed by atoms with Gasteiger partial charge in [-0.2, -0.15) is 0 Å². The third-order valence-corrected chi connectivity index (χ3v) is 4.40. The number of rotatable bonds is 7. The lowest BCUT2D eigenvalue weighted by Gasteiger charge is -2.18. The molecule has 7 heteroatoms. The molecule has 0 aliphatic heterocycles. The Hall–Kier alpha value is -3.74. The monoisotopic (exact) mass is 394 g/mol. The number of carbonyl (C=O) groups is 2. The first-order valence-electron chi connectivity index (χ1n) is 8.99. The maximum absolute atomic E-state index is 12.6. The summed E-state index contributed by atoms with van der Waals surface area (Å²) in [5, 5.41) is 5.65. The SMILES string of the molecule is COc1ccc(OC)c([C@@H](C)NC(=O)c2ccc(NC(=O)c3ccco3)cc2)c1. The normalized spacial score (nSPS) is 11.4. The van der Waals surface area contributed by atoms with Crippen molar-refractivity contribution < 1.29 is 23.5 Å². The molecule has 29 heavy (non-hydrogen) atoms. The fourth-order valence-corrected chi connectivity index (χ4v) is 2.84. The molecule has 0 aliphatic rings. The van der Waals surface area contributed by atoms with Crippen LogP contribution in [-0.2, 0) is 0 Å². The van der Waals surface area contributed by atoms with Crippen molar-refractivity contribution in [3.63, 3.8) is 0 Å². The molecular formula is C22H22N2O5. The Morgan fingerprint density at radius 3 is 2.34 bits per heavy atom. The lowest BCUT2D eigenvalue weighted by Crippen LogP contribution is -2.27. The van der Waals surface area contributed by atoms with Gasteiger partial charge in [-0.25, -0.2) is 0 Å². The number of ether oxygens (including phenoxy) is 2. The number of hydrogen-bond donors (Lipinski definition) is 2. The van der Waals surface area contributed by atoms with Gasteiger partial charge in [0.25, 0.3) is 11.8 Å². The maximum Gasteiger partial charge on any atom is 0.291 e. The van der Waals surface area contributed by atoms with Crippen LogP contribution in [0.15, 0.2) is 65.3 Å². The van der Waals surface area contributed by atoms with Gasteiger partial charge in [-0.1, -0.05) is 0 Å². The van der Waals surface area contributed by atoms with Crippen molar-refractivity contribution in [2.75, 3.05) is 19.5 Å². The molecule has 0 spiro atoms. The Balaban J connectivity index is 1.67. The summed E-state index contributed by atoms with van der Waals surface area (Å²) in [7, 11) is 3.16. The Morgan fingerprint density at radius 2 is 1.72 bits per heavy atom. The molecule has 0 unspecified atom stereocenters. The lowest BCUT2D eigenvalue weighted by atomic mass is 10.1. The molecule has 1 atom stereocenters. The van der Waals surface area contributed by atoms with Crippen LogP contribution in [0.1, 0.15) is 39.4 Å². The Bertz CT molecular complexity index is 981. The molecule has 0 radical (unpaired) electrons. The van der Waals surface area contributed by atoms with E-state index in [9.17, 15) is 9.59 Å². The number of methoxy groups -OCH3 is 2. The van der Waals surface area contributed by atoms with Crippen molar-refractivity contribution in [2.24, 2.45) is 0 Å². The number of furan rings is 1.